The van der Waals surface area contributed by atoms with Crippen LogP contribution in [0.4, 0.5) is 5.82 Å². The van der Waals surface area contributed by atoms with Crippen LogP contribution in [0.3, 0.4) is 0 Å². The molecule has 0 aliphatic carbocycles. The lowest BCUT2D eigenvalue weighted by Gasteiger charge is -2.18. The largest absolute Gasteiger partial charge is 0.489 e. The summed E-state index contributed by atoms with van der Waals surface area (Å²) in [7, 11) is 0. The van der Waals surface area contributed by atoms with Gasteiger partial charge in [0.2, 0.25) is 0 Å². The van der Waals surface area contributed by atoms with Crippen molar-refractivity contribution in [1.82, 2.24) is 15.0 Å². The zero-order valence-electron chi connectivity index (χ0n) is 13.2. The van der Waals surface area contributed by atoms with Crippen molar-refractivity contribution in [2.75, 3.05) is 5.73 Å². The summed E-state index contributed by atoms with van der Waals surface area (Å²) < 4.78 is 5.67. The van der Waals surface area contributed by atoms with Crippen LogP contribution >= 0.6 is 0 Å². The van der Waals surface area contributed by atoms with E-state index in [0.29, 0.717) is 11.6 Å². The minimum atomic E-state index is -0.163. The molecule has 21 heavy (non-hydrogen) atoms. The van der Waals surface area contributed by atoms with Gasteiger partial charge in [-0.05, 0) is 19.9 Å². The molecule has 2 N–H and O–H groups in total. The van der Waals surface area contributed by atoms with Crippen molar-refractivity contribution < 1.29 is 4.74 Å². The summed E-state index contributed by atoms with van der Waals surface area (Å²) in [6.07, 6.45) is 3.54. The standard InChI is InChI=1S/C16H22N4O/c1-10(2)21-12-6-11(8-18-9-12)13-7-14(17)20-15(19-13)16(3,4)5/h6-10H,1-5H3,(H2,17,19,20). The lowest BCUT2D eigenvalue weighted by Crippen LogP contribution is -2.17. The number of pyridine rings is 1. The topological polar surface area (TPSA) is 73.9 Å². The fourth-order valence-corrected chi connectivity index (χ4v) is 1.84. The number of ether oxygens (including phenoxy) is 1. The predicted molar refractivity (Wildman–Crippen MR) is 84.1 cm³/mol. The molecule has 5 nitrogen and oxygen atoms in total. The number of nitrogens with two attached hydrogens (primary N) is 1. The van der Waals surface area contributed by atoms with Crippen molar-refractivity contribution in [1.29, 1.82) is 0 Å². The molecular formula is C16H22N4O. The Morgan fingerprint density at radius 2 is 1.81 bits per heavy atom. The molecule has 112 valence electrons. The molecule has 0 aliphatic heterocycles. The van der Waals surface area contributed by atoms with Crippen LogP contribution < -0.4 is 10.5 Å². The van der Waals surface area contributed by atoms with Gasteiger partial charge in [0.05, 0.1) is 18.0 Å². The van der Waals surface area contributed by atoms with Crippen LogP contribution in [0.5, 0.6) is 5.75 Å². The van der Waals surface area contributed by atoms with Gasteiger partial charge in [-0.1, -0.05) is 20.8 Å². The summed E-state index contributed by atoms with van der Waals surface area (Å²) in [5.41, 5.74) is 7.37. The monoisotopic (exact) mass is 286 g/mol. The zero-order valence-corrected chi connectivity index (χ0v) is 13.2. The predicted octanol–water partition coefficient (Wildman–Crippen LogP) is 3.21. The molecule has 2 aromatic heterocycles. The Balaban J connectivity index is 2.44. The molecule has 2 rings (SSSR count). The smallest absolute Gasteiger partial charge is 0.138 e. The molecule has 2 aromatic rings. The van der Waals surface area contributed by atoms with Gasteiger partial charge in [0.25, 0.3) is 0 Å². The third-order valence-electron chi connectivity index (χ3n) is 2.80. The summed E-state index contributed by atoms with van der Waals surface area (Å²) in [4.78, 5) is 13.1. The van der Waals surface area contributed by atoms with E-state index in [9.17, 15) is 0 Å². The number of nitrogen functional groups attached to an aromatic ring is 1. The molecule has 0 fully saturated rings. The van der Waals surface area contributed by atoms with Gasteiger partial charge in [-0.25, -0.2) is 9.97 Å². The number of hydrogen-bond donors (Lipinski definition) is 1. The average molecular weight is 286 g/mol. The second-order valence-corrected chi connectivity index (χ2v) is 6.33. The van der Waals surface area contributed by atoms with Crippen molar-refractivity contribution in [2.45, 2.75) is 46.1 Å². The molecule has 0 aromatic carbocycles. The van der Waals surface area contributed by atoms with Gasteiger partial charge < -0.3 is 10.5 Å². The van der Waals surface area contributed by atoms with Crippen molar-refractivity contribution in [2.24, 2.45) is 0 Å². The minimum absolute atomic E-state index is 0.0997. The van der Waals surface area contributed by atoms with E-state index in [1.165, 1.54) is 0 Å². The van der Waals surface area contributed by atoms with Gasteiger partial charge >= 0.3 is 0 Å². The van der Waals surface area contributed by atoms with E-state index >= 15 is 0 Å². The summed E-state index contributed by atoms with van der Waals surface area (Å²) >= 11 is 0. The molecule has 0 aliphatic rings. The van der Waals surface area contributed by atoms with Crippen molar-refractivity contribution in [3.63, 3.8) is 0 Å². The fourth-order valence-electron chi connectivity index (χ4n) is 1.84. The third-order valence-corrected chi connectivity index (χ3v) is 2.80. The molecular weight excluding hydrogens is 264 g/mol. The van der Waals surface area contributed by atoms with Gasteiger partial charge in [0.1, 0.15) is 17.4 Å². The van der Waals surface area contributed by atoms with E-state index in [4.69, 9.17) is 10.5 Å². The molecule has 0 radical (unpaired) electrons. The van der Waals surface area contributed by atoms with E-state index in [0.717, 1.165) is 17.0 Å². The van der Waals surface area contributed by atoms with Crippen molar-refractivity contribution in [3.8, 4) is 17.0 Å². The summed E-state index contributed by atoms with van der Waals surface area (Å²) in [5, 5.41) is 0. The van der Waals surface area contributed by atoms with E-state index in [1.807, 2.05) is 19.9 Å². The quantitative estimate of drug-likeness (QED) is 0.937. The number of anilines is 1. The molecule has 0 saturated carbocycles. The summed E-state index contributed by atoms with van der Waals surface area (Å²) in [5.74, 6) is 1.89. The van der Waals surface area contributed by atoms with Crippen LogP contribution in [-0.2, 0) is 5.41 Å². The van der Waals surface area contributed by atoms with Gasteiger partial charge in [0, 0.05) is 23.2 Å². The zero-order chi connectivity index (χ0) is 15.6. The first kappa shape index (κ1) is 15.2. The van der Waals surface area contributed by atoms with Crippen LogP contribution in [0.2, 0.25) is 0 Å². The molecule has 5 heteroatoms. The van der Waals surface area contributed by atoms with Crippen LogP contribution in [0, 0.1) is 0 Å². The molecule has 0 amide bonds. The molecule has 0 unspecified atom stereocenters. The van der Waals surface area contributed by atoms with Crippen LogP contribution in [0.25, 0.3) is 11.3 Å². The molecule has 0 atom stereocenters. The second kappa shape index (κ2) is 5.68. The number of nitrogens with zero attached hydrogens (tertiary/aromatic N) is 3. The Hall–Kier alpha value is -2.17. The van der Waals surface area contributed by atoms with Crippen molar-refractivity contribution >= 4 is 5.82 Å². The Labute approximate surface area is 125 Å². The van der Waals surface area contributed by atoms with Crippen LogP contribution in [-0.4, -0.2) is 21.1 Å². The second-order valence-electron chi connectivity index (χ2n) is 6.33. The molecule has 0 saturated heterocycles. The van der Waals surface area contributed by atoms with E-state index in [-0.39, 0.29) is 11.5 Å². The molecule has 0 bridgehead atoms. The third kappa shape index (κ3) is 3.90. The first-order chi connectivity index (χ1) is 9.75. The normalized spacial score (nSPS) is 11.7. The first-order valence-corrected chi connectivity index (χ1v) is 7.03. The minimum Gasteiger partial charge on any atom is -0.489 e. The lowest BCUT2D eigenvalue weighted by molar-refractivity contribution is 0.241. The SMILES string of the molecule is CC(C)Oc1cncc(-c2cc(N)nc(C(C)(C)C)n2)c1. The van der Waals surface area contributed by atoms with E-state index < -0.39 is 0 Å². The highest BCUT2D eigenvalue weighted by Crippen LogP contribution is 2.26. The summed E-state index contributed by atoms with van der Waals surface area (Å²) in [6.45, 7) is 10.1. The van der Waals surface area contributed by atoms with Gasteiger partial charge in [-0.3, -0.25) is 4.98 Å². The maximum absolute atomic E-state index is 5.91. The fraction of sp³-hybridized carbons (Fsp3) is 0.438. The van der Waals surface area contributed by atoms with Crippen molar-refractivity contribution in [3.05, 3.63) is 30.4 Å². The number of aromatic nitrogens is 3. The van der Waals surface area contributed by atoms with E-state index in [2.05, 4.69) is 35.7 Å². The average Bonchev–Trinajstić information content (AvgIpc) is 2.36. The molecule has 0 spiro atoms. The van der Waals surface area contributed by atoms with E-state index in [1.54, 1.807) is 18.5 Å². The molecule has 2 heterocycles. The maximum atomic E-state index is 5.91. The Kier molecular flexibility index (Phi) is 4.11. The lowest BCUT2D eigenvalue weighted by atomic mass is 9.95. The highest BCUT2D eigenvalue weighted by molar-refractivity contribution is 5.62. The number of rotatable bonds is 3. The highest BCUT2D eigenvalue weighted by Gasteiger charge is 2.19. The Morgan fingerprint density at radius 1 is 1.10 bits per heavy atom. The first-order valence-electron chi connectivity index (χ1n) is 7.03. The highest BCUT2D eigenvalue weighted by atomic mass is 16.5. The number of hydrogen-bond acceptors (Lipinski definition) is 5. The summed E-state index contributed by atoms with van der Waals surface area (Å²) in [6, 6.07) is 3.67. The van der Waals surface area contributed by atoms with Crippen LogP contribution in [0.1, 0.15) is 40.4 Å². The van der Waals surface area contributed by atoms with Gasteiger partial charge in [-0.15, -0.1) is 0 Å². The van der Waals surface area contributed by atoms with Crippen LogP contribution in [0.15, 0.2) is 24.5 Å². The Morgan fingerprint density at radius 3 is 2.43 bits per heavy atom. The Bertz CT molecular complexity index is 632. The van der Waals surface area contributed by atoms with Gasteiger partial charge in [0.15, 0.2) is 0 Å². The van der Waals surface area contributed by atoms with Gasteiger partial charge in [-0.2, -0.15) is 0 Å². The maximum Gasteiger partial charge on any atom is 0.138 e.